The minimum atomic E-state index is -0.188. The second-order valence-electron chi connectivity index (χ2n) is 4.68. The average Bonchev–Trinajstić information content (AvgIpc) is 2.69. The van der Waals surface area contributed by atoms with Crippen LogP contribution < -0.4 is 0 Å². The zero-order valence-corrected chi connectivity index (χ0v) is 11.5. The molecule has 0 aliphatic carbocycles. The molecule has 2 heterocycles. The van der Waals surface area contributed by atoms with Gasteiger partial charge in [0.2, 0.25) is 0 Å². The molecule has 1 aromatic heterocycles. The number of hydrogen-bond acceptors (Lipinski definition) is 4. The second-order valence-corrected chi connectivity index (χ2v) is 4.68. The fraction of sp³-hybridized carbons (Fsp3) is 0.467. The number of aromatic nitrogens is 1. The van der Waals surface area contributed by atoms with Crippen LogP contribution in [0.15, 0.2) is 18.3 Å². The molecule has 1 atom stereocenters. The lowest BCUT2D eigenvalue weighted by Gasteiger charge is -2.21. The maximum Gasteiger partial charge on any atom is 0.272 e. The molecular weight excluding hydrogens is 256 g/mol. The highest BCUT2D eigenvalue weighted by Gasteiger charge is 2.21. The number of amides is 1. The van der Waals surface area contributed by atoms with Crippen LogP contribution >= 0.6 is 0 Å². The number of aliphatic hydroxyl groups excluding tert-OH is 1. The van der Waals surface area contributed by atoms with Crippen LogP contribution in [0.2, 0.25) is 0 Å². The number of nitrogens with zero attached hydrogens (tertiary/aromatic N) is 2. The summed E-state index contributed by atoms with van der Waals surface area (Å²) in [5.41, 5.74) is 1.09. The van der Waals surface area contributed by atoms with E-state index >= 15 is 0 Å². The third kappa shape index (κ3) is 3.80. The summed E-state index contributed by atoms with van der Waals surface area (Å²) < 4.78 is 5.53. The lowest BCUT2D eigenvalue weighted by atomic mass is 10.2. The first kappa shape index (κ1) is 14.5. The monoisotopic (exact) mass is 274 g/mol. The Labute approximate surface area is 118 Å². The molecular formula is C15H18N2O3. The van der Waals surface area contributed by atoms with Gasteiger partial charge in [-0.3, -0.25) is 4.79 Å². The van der Waals surface area contributed by atoms with E-state index in [-0.39, 0.29) is 18.6 Å². The Morgan fingerprint density at radius 2 is 2.45 bits per heavy atom. The fourth-order valence-electron chi connectivity index (χ4n) is 2.08. The molecule has 20 heavy (non-hydrogen) atoms. The number of aliphatic hydroxyl groups is 1. The summed E-state index contributed by atoms with van der Waals surface area (Å²) >= 11 is 0. The lowest BCUT2D eigenvalue weighted by Crippen LogP contribution is -2.36. The highest BCUT2D eigenvalue weighted by molar-refractivity contribution is 5.92. The molecule has 5 heteroatoms. The second kappa shape index (κ2) is 7.04. The van der Waals surface area contributed by atoms with Gasteiger partial charge in [0.15, 0.2) is 0 Å². The van der Waals surface area contributed by atoms with Crippen molar-refractivity contribution in [3.8, 4) is 11.8 Å². The van der Waals surface area contributed by atoms with E-state index in [1.807, 2.05) is 6.92 Å². The van der Waals surface area contributed by atoms with Crippen LogP contribution in [0.1, 0.15) is 29.4 Å². The Morgan fingerprint density at radius 3 is 3.15 bits per heavy atom. The van der Waals surface area contributed by atoms with Gasteiger partial charge in [-0.05, 0) is 25.5 Å². The molecule has 0 radical (unpaired) electrons. The minimum Gasteiger partial charge on any atom is -0.384 e. The lowest BCUT2D eigenvalue weighted by molar-refractivity contribution is 0.0559. The highest BCUT2D eigenvalue weighted by Crippen LogP contribution is 2.10. The van der Waals surface area contributed by atoms with Gasteiger partial charge >= 0.3 is 0 Å². The van der Waals surface area contributed by atoms with E-state index in [1.54, 1.807) is 23.2 Å². The third-order valence-electron chi connectivity index (χ3n) is 3.03. The molecule has 106 valence electrons. The molecule has 0 bridgehead atoms. The molecule has 1 aliphatic heterocycles. The number of ether oxygens (including phenoxy) is 1. The van der Waals surface area contributed by atoms with Crippen molar-refractivity contribution in [2.45, 2.75) is 19.4 Å². The number of carbonyl (C=O) groups excluding carboxylic acids is 1. The van der Waals surface area contributed by atoms with E-state index in [0.29, 0.717) is 31.0 Å². The third-order valence-corrected chi connectivity index (χ3v) is 3.03. The van der Waals surface area contributed by atoms with E-state index in [4.69, 9.17) is 9.84 Å². The normalized spacial score (nSPS) is 18.9. The molecule has 1 unspecified atom stereocenters. The van der Waals surface area contributed by atoms with Gasteiger partial charge in [0.25, 0.3) is 5.91 Å². The maximum atomic E-state index is 12.4. The summed E-state index contributed by atoms with van der Waals surface area (Å²) in [6.07, 6.45) is 2.44. The SMILES string of the molecule is CC1CN(C(=O)c2ccc(C#CCO)cn2)CCCO1. The van der Waals surface area contributed by atoms with Gasteiger partial charge in [0.05, 0.1) is 6.10 Å². The molecule has 0 aromatic carbocycles. The summed E-state index contributed by atoms with van der Waals surface area (Å²) in [5.74, 6) is 5.21. The van der Waals surface area contributed by atoms with E-state index in [2.05, 4.69) is 16.8 Å². The van der Waals surface area contributed by atoms with Gasteiger partial charge in [-0.15, -0.1) is 0 Å². The van der Waals surface area contributed by atoms with E-state index < -0.39 is 0 Å². The molecule has 1 aliphatic rings. The van der Waals surface area contributed by atoms with Crippen LogP contribution in [0.4, 0.5) is 0 Å². The number of carbonyl (C=O) groups is 1. The van der Waals surface area contributed by atoms with Gasteiger partial charge in [-0.1, -0.05) is 11.8 Å². The zero-order chi connectivity index (χ0) is 14.4. The van der Waals surface area contributed by atoms with Gasteiger partial charge < -0.3 is 14.7 Å². The first-order chi connectivity index (χ1) is 9.70. The van der Waals surface area contributed by atoms with Crippen LogP contribution in [-0.2, 0) is 4.74 Å². The van der Waals surface area contributed by atoms with Crippen LogP contribution in [0.25, 0.3) is 0 Å². The summed E-state index contributed by atoms with van der Waals surface area (Å²) in [6.45, 7) is 3.75. The molecule has 1 aromatic rings. The highest BCUT2D eigenvalue weighted by atomic mass is 16.5. The predicted molar refractivity (Wildman–Crippen MR) is 74.1 cm³/mol. The quantitative estimate of drug-likeness (QED) is 0.765. The Morgan fingerprint density at radius 1 is 1.60 bits per heavy atom. The summed E-state index contributed by atoms with van der Waals surface area (Å²) in [4.78, 5) is 18.3. The summed E-state index contributed by atoms with van der Waals surface area (Å²) in [6, 6.07) is 3.40. The van der Waals surface area contributed by atoms with Crippen LogP contribution in [0.5, 0.6) is 0 Å². The molecule has 1 amide bonds. The first-order valence-corrected chi connectivity index (χ1v) is 6.67. The van der Waals surface area contributed by atoms with Crippen molar-refractivity contribution >= 4 is 5.91 Å². The van der Waals surface area contributed by atoms with Crippen LogP contribution in [0, 0.1) is 11.8 Å². The van der Waals surface area contributed by atoms with Gasteiger partial charge in [-0.25, -0.2) is 4.98 Å². The van der Waals surface area contributed by atoms with Crippen molar-refractivity contribution in [2.75, 3.05) is 26.3 Å². The largest absolute Gasteiger partial charge is 0.384 e. The van der Waals surface area contributed by atoms with Gasteiger partial charge in [0, 0.05) is 31.5 Å². The first-order valence-electron chi connectivity index (χ1n) is 6.67. The van der Waals surface area contributed by atoms with Crippen LogP contribution in [-0.4, -0.2) is 53.3 Å². The average molecular weight is 274 g/mol. The molecule has 2 rings (SSSR count). The smallest absolute Gasteiger partial charge is 0.272 e. The number of rotatable bonds is 1. The Hall–Kier alpha value is -1.90. The standard InChI is InChI=1S/C15H18N2O3/c1-12-11-17(7-3-9-20-12)15(19)14-6-5-13(10-16-14)4-2-8-18/h5-6,10,12,18H,3,7-9,11H2,1H3. The Balaban J connectivity index is 2.08. The predicted octanol–water partition coefficient (Wildman–Crippen LogP) is 0.676. The van der Waals surface area contributed by atoms with Crippen molar-refractivity contribution in [3.63, 3.8) is 0 Å². The molecule has 0 spiro atoms. The van der Waals surface area contributed by atoms with E-state index in [9.17, 15) is 4.79 Å². The number of hydrogen-bond donors (Lipinski definition) is 1. The summed E-state index contributed by atoms with van der Waals surface area (Å²) in [5, 5.41) is 8.63. The van der Waals surface area contributed by atoms with E-state index in [1.165, 1.54) is 0 Å². The topological polar surface area (TPSA) is 62.7 Å². The van der Waals surface area contributed by atoms with E-state index in [0.717, 1.165) is 6.42 Å². The van der Waals surface area contributed by atoms with Crippen molar-refractivity contribution in [2.24, 2.45) is 0 Å². The van der Waals surface area contributed by atoms with Crippen molar-refractivity contribution in [3.05, 3.63) is 29.6 Å². The number of pyridine rings is 1. The summed E-state index contributed by atoms with van der Waals surface area (Å²) in [7, 11) is 0. The zero-order valence-electron chi connectivity index (χ0n) is 11.5. The van der Waals surface area contributed by atoms with Crippen LogP contribution in [0.3, 0.4) is 0 Å². The molecule has 1 N–H and O–H groups in total. The van der Waals surface area contributed by atoms with Gasteiger partial charge in [-0.2, -0.15) is 0 Å². The van der Waals surface area contributed by atoms with Gasteiger partial charge in [0.1, 0.15) is 12.3 Å². The molecule has 0 saturated carbocycles. The van der Waals surface area contributed by atoms with Crippen molar-refractivity contribution in [1.29, 1.82) is 0 Å². The Bertz CT molecular complexity index is 516. The van der Waals surface area contributed by atoms with Crippen molar-refractivity contribution < 1.29 is 14.6 Å². The fourth-order valence-corrected chi connectivity index (χ4v) is 2.08. The molecule has 1 fully saturated rings. The maximum absolute atomic E-state index is 12.4. The Kier molecular flexibility index (Phi) is 5.10. The minimum absolute atomic E-state index is 0.0520. The molecule has 1 saturated heterocycles. The van der Waals surface area contributed by atoms with Crippen molar-refractivity contribution in [1.82, 2.24) is 9.88 Å². The molecule has 5 nitrogen and oxygen atoms in total.